The van der Waals surface area contributed by atoms with Crippen LogP contribution in [-0.2, 0) is 16.1 Å². The fourth-order valence-electron chi connectivity index (χ4n) is 1.78. The topological polar surface area (TPSA) is 78.1 Å². The third kappa shape index (κ3) is 2.21. The van der Waals surface area contributed by atoms with E-state index in [0.717, 1.165) is 5.82 Å². The highest BCUT2D eigenvalue weighted by Crippen LogP contribution is 2.12. The molecule has 1 fully saturated rings. The fourth-order valence-corrected chi connectivity index (χ4v) is 1.78. The van der Waals surface area contributed by atoms with E-state index in [1.807, 2.05) is 0 Å². The molecule has 6 nitrogen and oxygen atoms in total. The van der Waals surface area contributed by atoms with Crippen LogP contribution < -0.4 is 5.32 Å². The van der Waals surface area contributed by atoms with Gasteiger partial charge < -0.3 is 15.2 Å². The van der Waals surface area contributed by atoms with Crippen molar-refractivity contribution in [2.45, 2.75) is 13.0 Å². The van der Waals surface area contributed by atoms with Crippen molar-refractivity contribution < 1.29 is 9.59 Å². The monoisotopic (exact) mass is 222 g/mol. The SMILES string of the molecule is CN(Cc1ncc[nH]1)C(=O)C1CNC(=O)C1. The standard InChI is InChI=1S/C10H14N4O2/c1-14(6-8-11-2-3-12-8)10(16)7-4-9(15)13-5-7/h2-3,7H,4-6H2,1H3,(H,11,12)(H,13,15). The molecule has 86 valence electrons. The van der Waals surface area contributed by atoms with Crippen LogP contribution in [0.2, 0.25) is 0 Å². The number of rotatable bonds is 3. The van der Waals surface area contributed by atoms with Crippen LogP contribution in [0.3, 0.4) is 0 Å². The summed E-state index contributed by atoms with van der Waals surface area (Å²) in [4.78, 5) is 31.5. The Morgan fingerprint density at radius 3 is 3.06 bits per heavy atom. The normalized spacial score (nSPS) is 19.6. The van der Waals surface area contributed by atoms with Gasteiger partial charge in [0.15, 0.2) is 0 Å². The van der Waals surface area contributed by atoms with Crippen LogP contribution in [0.1, 0.15) is 12.2 Å². The first-order valence-corrected chi connectivity index (χ1v) is 5.16. The predicted octanol–water partition coefficient (Wildman–Crippen LogP) is -0.496. The van der Waals surface area contributed by atoms with Gasteiger partial charge in [0.25, 0.3) is 0 Å². The molecule has 1 aromatic heterocycles. The lowest BCUT2D eigenvalue weighted by molar-refractivity contribution is -0.135. The lowest BCUT2D eigenvalue weighted by Gasteiger charge is -2.18. The van der Waals surface area contributed by atoms with Gasteiger partial charge in [-0.1, -0.05) is 0 Å². The zero-order valence-corrected chi connectivity index (χ0v) is 9.06. The van der Waals surface area contributed by atoms with Crippen LogP contribution in [0.25, 0.3) is 0 Å². The summed E-state index contributed by atoms with van der Waals surface area (Å²) in [5.74, 6) is 0.445. The smallest absolute Gasteiger partial charge is 0.228 e. The molecule has 1 aliphatic rings. The van der Waals surface area contributed by atoms with E-state index in [1.165, 1.54) is 0 Å². The number of aromatic amines is 1. The second-order valence-corrected chi connectivity index (χ2v) is 3.94. The number of hydrogen-bond acceptors (Lipinski definition) is 3. The molecule has 1 aliphatic heterocycles. The van der Waals surface area contributed by atoms with Crippen molar-refractivity contribution in [3.8, 4) is 0 Å². The summed E-state index contributed by atoms with van der Waals surface area (Å²) < 4.78 is 0. The second-order valence-electron chi connectivity index (χ2n) is 3.94. The van der Waals surface area contributed by atoms with Gasteiger partial charge >= 0.3 is 0 Å². The molecule has 2 heterocycles. The van der Waals surface area contributed by atoms with Crippen LogP contribution in [0.5, 0.6) is 0 Å². The van der Waals surface area contributed by atoms with Crippen LogP contribution in [0, 0.1) is 5.92 Å². The van der Waals surface area contributed by atoms with Crippen molar-refractivity contribution in [2.75, 3.05) is 13.6 Å². The van der Waals surface area contributed by atoms with Crippen molar-refractivity contribution in [1.82, 2.24) is 20.2 Å². The van der Waals surface area contributed by atoms with Crippen molar-refractivity contribution in [1.29, 1.82) is 0 Å². The van der Waals surface area contributed by atoms with E-state index >= 15 is 0 Å². The number of nitrogens with zero attached hydrogens (tertiary/aromatic N) is 2. The lowest BCUT2D eigenvalue weighted by Crippen LogP contribution is -2.33. The molecule has 2 N–H and O–H groups in total. The Hall–Kier alpha value is -1.85. The average Bonchev–Trinajstić information content (AvgIpc) is 2.88. The van der Waals surface area contributed by atoms with Gasteiger partial charge in [-0.15, -0.1) is 0 Å². The van der Waals surface area contributed by atoms with Crippen molar-refractivity contribution >= 4 is 11.8 Å². The third-order valence-electron chi connectivity index (χ3n) is 2.64. The molecule has 1 aromatic rings. The van der Waals surface area contributed by atoms with Gasteiger partial charge in [-0.3, -0.25) is 9.59 Å². The summed E-state index contributed by atoms with van der Waals surface area (Å²) in [6.45, 7) is 0.886. The minimum atomic E-state index is -0.229. The largest absolute Gasteiger partial charge is 0.355 e. The first-order chi connectivity index (χ1) is 7.66. The molecule has 16 heavy (non-hydrogen) atoms. The Morgan fingerprint density at radius 1 is 1.69 bits per heavy atom. The zero-order valence-electron chi connectivity index (χ0n) is 9.06. The molecule has 0 radical (unpaired) electrons. The predicted molar refractivity (Wildman–Crippen MR) is 56.2 cm³/mol. The van der Waals surface area contributed by atoms with Crippen molar-refractivity contribution in [3.05, 3.63) is 18.2 Å². The maximum absolute atomic E-state index is 11.9. The van der Waals surface area contributed by atoms with Gasteiger partial charge in [0.05, 0.1) is 12.5 Å². The quantitative estimate of drug-likeness (QED) is 0.724. The number of hydrogen-bond donors (Lipinski definition) is 2. The Labute approximate surface area is 93.0 Å². The highest BCUT2D eigenvalue weighted by Gasteiger charge is 2.30. The minimum absolute atomic E-state index is 0.0187. The molecule has 2 rings (SSSR count). The van der Waals surface area contributed by atoms with Crippen molar-refractivity contribution in [3.63, 3.8) is 0 Å². The van der Waals surface area contributed by atoms with E-state index < -0.39 is 0 Å². The Bertz CT molecular complexity index is 388. The Morgan fingerprint density at radius 2 is 2.50 bits per heavy atom. The molecular formula is C10H14N4O2. The molecule has 0 aromatic carbocycles. The van der Waals surface area contributed by atoms with Gasteiger partial charge in [-0.25, -0.2) is 4.98 Å². The Balaban J connectivity index is 1.92. The maximum atomic E-state index is 11.9. The number of nitrogens with one attached hydrogen (secondary N) is 2. The molecule has 1 unspecified atom stereocenters. The first kappa shape index (κ1) is 10.7. The summed E-state index contributed by atoms with van der Waals surface area (Å²) in [5.41, 5.74) is 0. The van der Waals surface area contributed by atoms with Crippen LogP contribution in [-0.4, -0.2) is 40.3 Å². The molecule has 2 amide bonds. The zero-order chi connectivity index (χ0) is 11.5. The Kier molecular flexibility index (Phi) is 2.89. The number of H-pyrrole nitrogens is 1. The summed E-state index contributed by atoms with van der Waals surface area (Å²) in [7, 11) is 1.72. The maximum Gasteiger partial charge on any atom is 0.228 e. The molecule has 0 aliphatic carbocycles. The molecular weight excluding hydrogens is 208 g/mol. The van der Waals surface area contributed by atoms with Gasteiger partial charge in [-0.2, -0.15) is 0 Å². The molecule has 0 bridgehead atoms. The minimum Gasteiger partial charge on any atom is -0.355 e. The molecule has 0 spiro atoms. The van der Waals surface area contributed by atoms with Gasteiger partial charge in [0.1, 0.15) is 5.82 Å². The average molecular weight is 222 g/mol. The first-order valence-electron chi connectivity index (χ1n) is 5.16. The summed E-state index contributed by atoms with van der Waals surface area (Å²) in [5, 5.41) is 2.65. The summed E-state index contributed by atoms with van der Waals surface area (Å²) in [6, 6.07) is 0. The fraction of sp³-hybridized carbons (Fsp3) is 0.500. The number of amides is 2. The van der Waals surface area contributed by atoms with E-state index in [1.54, 1.807) is 24.3 Å². The summed E-state index contributed by atoms with van der Waals surface area (Å²) >= 11 is 0. The van der Waals surface area contributed by atoms with E-state index in [9.17, 15) is 9.59 Å². The van der Waals surface area contributed by atoms with Crippen LogP contribution >= 0.6 is 0 Å². The van der Waals surface area contributed by atoms with E-state index in [0.29, 0.717) is 19.5 Å². The third-order valence-corrected chi connectivity index (χ3v) is 2.64. The van der Waals surface area contributed by atoms with E-state index in [-0.39, 0.29) is 17.7 Å². The number of carbonyl (C=O) groups is 2. The van der Waals surface area contributed by atoms with Gasteiger partial charge in [0.2, 0.25) is 11.8 Å². The van der Waals surface area contributed by atoms with Gasteiger partial charge in [0, 0.05) is 32.4 Å². The summed E-state index contributed by atoms with van der Waals surface area (Å²) in [6.07, 6.45) is 3.66. The molecule has 6 heteroatoms. The lowest BCUT2D eigenvalue weighted by atomic mass is 10.1. The number of carbonyl (C=O) groups excluding carboxylic acids is 2. The highest BCUT2D eigenvalue weighted by molar-refractivity contribution is 5.89. The molecule has 0 saturated carbocycles. The number of imidazole rings is 1. The van der Waals surface area contributed by atoms with Gasteiger partial charge in [-0.05, 0) is 0 Å². The van der Waals surface area contributed by atoms with Crippen LogP contribution in [0.15, 0.2) is 12.4 Å². The van der Waals surface area contributed by atoms with E-state index in [2.05, 4.69) is 15.3 Å². The second kappa shape index (κ2) is 4.34. The van der Waals surface area contributed by atoms with E-state index in [4.69, 9.17) is 0 Å². The number of aromatic nitrogens is 2. The van der Waals surface area contributed by atoms with Crippen LogP contribution in [0.4, 0.5) is 0 Å². The molecule has 1 atom stereocenters. The molecule has 1 saturated heterocycles. The highest BCUT2D eigenvalue weighted by atomic mass is 16.2. The van der Waals surface area contributed by atoms with Crippen molar-refractivity contribution in [2.24, 2.45) is 5.92 Å².